The van der Waals surface area contributed by atoms with Gasteiger partial charge in [0.1, 0.15) is 5.82 Å². The summed E-state index contributed by atoms with van der Waals surface area (Å²) in [6, 6.07) is 8.28. The number of aryl methyl sites for hydroxylation is 2. The number of aromatic nitrogens is 4. The average Bonchev–Trinajstić information content (AvgIpc) is 3.28. The SMILES string of the molecule is CCc1cc(-c2cc(NC(=O)Cc3cc(F)cc(C(F)(F)F)c3)nn2C)cc2cnc(N[C@H]3CC[C@H](N)CC3)nc12. The van der Waals surface area contributed by atoms with Crippen LogP contribution in [0.2, 0.25) is 0 Å². The number of hydrogen-bond acceptors (Lipinski definition) is 6. The van der Waals surface area contributed by atoms with Gasteiger partial charge in [0.05, 0.1) is 23.2 Å². The summed E-state index contributed by atoms with van der Waals surface area (Å²) in [5, 5.41) is 11.2. The zero-order valence-corrected chi connectivity index (χ0v) is 22.7. The molecule has 1 saturated carbocycles. The lowest BCUT2D eigenvalue weighted by molar-refractivity contribution is -0.137. The zero-order chi connectivity index (χ0) is 29.3. The van der Waals surface area contributed by atoms with Gasteiger partial charge in [-0.15, -0.1) is 0 Å². The number of rotatable bonds is 7. The van der Waals surface area contributed by atoms with Crippen LogP contribution in [0.3, 0.4) is 0 Å². The van der Waals surface area contributed by atoms with E-state index in [4.69, 9.17) is 10.7 Å². The molecule has 1 aliphatic carbocycles. The van der Waals surface area contributed by atoms with Crippen LogP contribution in [0.4, 0.5) is 29.3 Å². The average molecular weight is 570 g/mol. The molecule has 12 heteroatoms. The summed E-state index contributed by atoms with van der Waals surface area (Å²) in [5.41, 5.74) is 8.22. The monoisotopic (exact) mass is 569 g/mol. The van der Waals surface area contributed by atoms with E-state index in [-0.39, 0.29) is 17.4 Å². The van der Waals surface area contributed by atoms with Crippen molar-refractivity contribution in [3.63, 3.8) is 0 Å². The fourth-order valence-electron chi connectivity index (χ4n) is 5.24. The van der Waals surface area contributed by atoms with E-state index in [1.54, 1.807) is 24.0 Å². The number of alkyl halides is 3. The number of nitrogens with one attached hydrogen (secondary N) is 2. The number of carbonyl (C=O) groups is 1. The van der Waals surface area contributed by atoms with E-state index < -0.39 is 29.9 Å². The molecule has 1 fully saturated rings. The van der Waals surface area contributed by atoms with Crippen LogP contribution in [0.25, 0.3) is 22.2 Å². The number of nitrogens with two attached hydrogens (primary N) is 1. The molecule has 0 unspecified atom stereocenters. The number of anilines is 2. The van der Waals surface area contributed by atoms with Gasteiger partial charge in [-0.1, -0.05) is 6.92 Å². The van der Waals surface area contributed by atoms with E-state index in [1.165, 1.54) is 0 Å². The van der Waals surface area contributed by atoms with Gasteiger partial charge in [0.15, 0.2) is 5.82 Å². The number of hydrogen-bond donors (Lipinski definition) is 3. The molecule has 0 spiro atoms. The van der Waals surface area contributed by atoms with Gasteiger partial charge in [-0.2, -0.15) is 18.3 Å². The second kappa shape index (κ2) is 11.4. The smallest absolute Gasteiger partial charge is 0.351 e. The third-order valence-corrected chi connectivity index (χ3v) is 7.34. The molecule has 0 bridgehead atoms. The highest BCUT2D eigenvalue weighted by Gasteiger charge is 2.31. The summed E-state index contributed by atoms with van der Waals surface area (Å²) >= 11 is 0. The first-order chi connectivity index (χ1) is 19.5. The topological polar surface area (TPSA) is 111 Å². The van der Waals surface area contributed by atoms with E-state index in [0.29, 0.717) is 23.8 Å². The first-order valence-electron chi connectivity index (χ1n) is 13.5. The minimum absolute atomic E-state index is 0.0889. The molecule has 0 saturated heterocycles. The lowest BCUT2D eigenvalue weighted by Crippen LogP contribution is -2.33. The Balaban J connectivity index is 1.34. The molecule has 0 aliphatic heterocycles. The van der Waals surface area contributed by atoms with Crippen LogP contribution < -0.4 is 16.4 Å². The summed E-state index contributed by atoms with van der Waals surface area (Å²) in [6.07, 6.45) is 1.29. The molecule has 2 aromatic heterocycles. The lowest BCUT2D eigenvalue weighted by Gasteiger charge is -2.26. The van der Waals surface area contributed by atoms with Gasteiger partial charge >= 0.3 is 6.18 Å². The fraction of sp³-hybridized carbons (Fsp3) is 0.379. The minimum atomic E-state index is -4.71. The maximum absolute atomic E-state index is 13.7. The van der Waals surface area contributed by atoms with E-state index in [1.807, 2.05) is 19.1 Å². The molecule has 41 heavy (non-hydrogen) atoms. The molecule has 4 aromatic rings. The number of fused-ring (bicyclic) bond motifs is 1. The Labute approximate surface area is 234 Å². The van der Waals surface area contributed by atoms with Crippen molar-refractivity contribution < 1.29 is 22.4 Å². The minimum Gasteiger partial charge on any atom is -0.351 e. The van der Waals surface area contributed by atoms with Gasteiger partial charge in [0, 0.05) is 42.3 Å². The largest absolute Gasteiger partial charge is 0.416 e. The molecular formula is C29H31F4N7O. The summed E-state index contributed by atoms with van der Waals surface area (Å²) < 4.78 is 54.4. The van der Waals surface area contributed by atoms with Gasteiger partial charge in [-0.05, 0) is 73.6 Å². The highest BCUT2D eigenvalue weighted by atomic mass is 19.4. The normalized spacial score (nSPS) is 17.5. The number of halogens is 4. The second-order valence-corrected chi connectivity index (χ2v) is 10.5. The molecule has 8 nitrogen and oxygen atoms in total. The molecule has 1 aliphatic rings. The van der Waals surface area contributed by atoms with Gasteiger partial charge in [-0.25, -0.2) is 14.4 Å². The molecule has 4 N–H and O–H groups in total. The Bertz CT molecular complexity index is 1580. The number of benzene rings is 2. The molecule has 2 heterocycles. The number of carbonyl (C=O) groups excluding carboxylic acids is 1. The number of amides is 1. The standard InChI is InChI=1S/C29H31F4N7O/c1-3-17-11-18(12-19-15-35-28(38-27(17)19)36-23-6-4-22(34)5-7-23)24-14-25(39-40(24)2)37-26(41)10-16-8-20(29(31,32)33)13-21(30)9-16/h8-9,11-15,22-23H,3-7,10,34H2,1-2H3,(H,35,36,38)(H,37,39,41)/t22-,23-. The predicted octanol–water partition coefficient (Wildman–Crippen LogP) is 5.61. The van der Waals surface area contributed by atoms with Crippen molar-refractivity contribution in [3.05, 3.63) is 65.1 Å². The predicted molar refractivity (Wildman–Crippen MR) is 149 cm³/mol. The van der Waals surface area contributed by atoms with Crippen molar-refractivity contribution in [1.82, 2.24) is 19.7 Å². The van der Waals surface area contributed by atoms with Crippen molar-refractivity contribution in [1.29, 1.82) is 0 Å². The van der Waals surface area contributed by atoms with Crippen LogP contribution in [-0.2, 0) is 30.9 Å². The number of nitrogens with zero attached hydrogens (tertiary/aromatic N) is 4. The van der Waals surface area contributed by atoms with Crippen molar-refractivity contribution in [2.45, 2.75) is 63.7 Å². The molecule has 0 radical (unpaired) electrons. The molecular weight excluding hydrogens is 538 g/mol. The first kappa shape index (κ1) is 28.5. The molecule has 216 valence electrons. The van der Waals surface area contributed by atoms with E-state index in [2.05, 4.69) is 20.7 Å². The van der Waals surface area contributed by atoms with Gasteiger partial charge in [0.2, 0.25) is 11.9 Å². The van der Waals surface area contributed by atoms with Crippen molar-refractivity contribution in [2.75, 3.05) is 10.6 Å². The molecule has 1 amide bonds. The molecule has 0 atom stereocenters. The first-order valence-corrected chi connectivity index (χ1v) is 13.5. The maximum Gasteiger partial charge on any atom is 0.416 e. The van der Waals surface area contributed by atoms with Crippen LogP contribution in [-0.4, -0.2) is 37.7 Å². The second-order valence-electron chi connectivity index (χ2n) is 10.5. The van der Waals surface area contributed by atoms with Crippen LogP contribution in [0, 0.1) is 5.82 Å². The van der Waals surface area contributed by atoms with Crippen LogP contribution >= 0.6 is 0 Å². The van der Waals surface area contributed by atoms with Gasteiger partial charge < -0.3 is 16.4 Å². The van der Waals surface area contributed by atoms with Gasteiger partial charge in [-0.3, -0.25) is 9.48 Å². The third-order valence-electron chi connectivity index (χ3n) is 7.34. The summed E-state index contributed by atoms with van der Waals surface area (Å²) in [4.78, 5) is 21.9. The Kier molecular flexibility index (Phi) is 7.94. The quantitative estimate of drug-likeness (QED) is 0.250. The molecule has 5 rings (SSSR count). The van der Waals surface area contributed by atoms with Crippen molar-refractivity contribution in [3.8, 4) is 11.3 Å². The van der Waals surface area contributed by atoms with Crippen molar-refractivity contribution in [2.24, 2.45) is 12.8 Å². The highest BCUT2D eigenvalue weighted by molar-refractivity contribution is 5.92. The third kappa shape index (κ3) is 6.64. The maximum atomic E-state index is 13.7. The fourth-order valence-corrected chi connectivity index (χ4v) is 5.24. The summed E-state index contributed by atoms with van der Waals surface area (Å²) in [7, 11) is 1.72. The summed E-state index contributed by atoms with van der Waals surface area (Å²) in [5.74, 6) is -0.862. The van der Waals surface area contributed by atoms with Crippen molar-refractivity contribution >= 4 is 28.6 Å². The van der Waals surface area contributed by atoms with E-state index in [0.717, 1.165) is 66.3 Å². The summed E-state index contributed by atoms with van der Waals surface area (Å²) in [6.45, 7) is 2.04. The Morgan fingerprint density at radius 2 is 1.85 bits per heavy atom. The molecule has 2 aromatic carbocycles. The Morgan fingerprint density at radius 3 is 2.56 bits per heavy atom. The van der Waals surface area contributed by atoms with Crippen LogP contribution in [0.15, 0.2) is 42.6 Å². The lowest BCUT2D eigenvalue weighted by atomic mass is 9.92. The van der Waals surface area contributed by atoms with Gasteiger partial charge in [0.25, 0.3) is 0 Å². The van der Waals surface area contributed by atoms with E-state index >= 15 is 0 Å². The van der Waals surface area contributed by atoms with Crippen LogP contribution in [0.1, 0.15) is 49.3 Å². The van der Waals surface area contributed by atoms with Crippen LogP contribution in [0.5, 0.6) is 0 Å². The highest BCUT2D eigenvalue weighted by Crippen LogP contribution is 2.32. The zero-order valence-electron chi connectivity index (χ0n) is 22.7. The van der Waals surface area contributed by atoms with E-state index in [9.17, 15) is 22.4 Å². The Morgan fingerprint density at radius 1 is 1.10 bits per heavy atom. The Hall–Kier alpha value is -4.06.